The molecule has 1 aliphatic heterocycles. The number of hydrogen-bond donors (Lipinski definition) is 0. The van der Waals surface area contributed by atoms with E-state index in [-0.39, 0.29) is 35.0 Å². The van der Waals surface area contributed by atoms with Gasteiger partial charge in [0.25, 0.3) is 0 Å². The van der Waals surface area contributed by atoms with E-state index < -0.39 is 0 Å². The number of ether oxygens (including phenoxy) is 2. The lowest BCUT2D eigenvalue weighted by molar-refractivity contribution is -0.175. The van der Waals surface area contributed by atoms with Crippen LogP contribution in [0, 0.1) is 22.7 Å². The summed E-state index contributed by atoms with van der Waals surface area (Å²) in [6, 6.07) is 0. The molecule has 0 aromatic rings. The van der Waals surface area contributed by atoms with Crippen molar-refractivity contribution in [2.75, 3.05) is 0 Å². The minimum Gasteiger partial charge on any atom is -0.462 e. The summed E-state index contributed by atoms with van der Waals surface area (Å²) >= 11 is 0. The van der Waals surface area contributed by atoms with Gasteiger partial charge in [0.05, 0.1) is 0 Å². The molecule has 2 fully saturated rings. The second-order valence-corrected chi connectivity index (χ2v) is 9.54. The molecule has 0 aromatic heterocycles. The molecule has 4 heteroatoms. The highest BCUT2D eigenvalue weighted by atomic mass is 16.6. The first kappa shape index (κ1) is 17.8. The fourth-order valence-electron chi connectivity index (χ4n) is 6.53. The minimum atomic E-state index is -0.177. The molecule has 0 unspecified atom stereocenters. The summed E-state index contributed by atoms with van der Waals surface area (Å²) in [5.41, 5.74) is 3.51. The van der Waals surface area contributed by atoms with Crippen LogP contribution in [-0.2, 0) is 19.1 Å². The van der Waals surface area contributed by atoms with E-state index in [0.717, 1.165) is 43.3 Å². The van der Waals surface area contributed by atoms with Crippen LogP contribution in [-0.4, -0.2) is 24.1 Å². The van der Waals surface area contributed by atoms with Gasteiger partial charge in [-0.3, -0.25) is 4.79 Å². The molecule has 26 heavy (non-hydrogen) atoms. The highest BCUT2D eigenvalue weighted by molar-refractivity contribution is 5.92. The first-order chi connectivity index (χ1) is 12.1. The van der Waals surface area contributed by atoms with E-state index >= 15 is 0 Å². The molecular formula is C22H30O4. The second-order valence-electron chi connectivity index (χ2n) is 9.54. The third kappa shape index (κ3) is 2.40. The molecular weight excluding hydrogens is 328 g/mol. The Labute approximate surface area is 156 Å². The zero-order valence-corrected chi connectivity index (χ0v) is 16.6. The maximum absolute atomic E-state index is 12.0. The number of fused-ring (bicyclic) bond motifs is 4. The average Bonchev–Trinajstić information content (AvgIpc) is 2.83. The van der Waals surface area contributed by atoms with Crippen LogP contribution in [0.1, 0.15) is 66.7 Å². The quantitative estimate of drug-likeness (QED) is 0.654. The fourth-order valence-corrected chi connectivity index (χ4v) is 6.53. The van der Waals surface area contributed by atoms with Gasteiger partial charge in [-0.2, -0.15) is 0 Å². The van der Waals surface area contributed by atoms with E-state index in [1.165, 1.54) is 12.5 Å². The van der Waals surface area contributed by atoms with Crippen LogP contribution in [0.3, 0.4) is 0 Å². The lowest BCUT2D eigenvalue weighted by atomic mass is 9.45. The summed E-state index contributed by atoms with van der Waals surface area (Å²) in [6.45, 7) is 10.4. The van der Waals surface area contributed by atoms with Crippen molar-refractivity contribution in [1.82, 2.24) is 0 Å². The predicted molar refractivity (Wildman–Crippen MR) is 98.2 cm³/mol. The summed E-state index contributed by atoms with van der Waals surface area (Å²) in [7, 11) is 0. The van der Waals surface area contributed by atoms with E-state index in [1.54, 1.807) is 0 Å². The van der Waals surface area contributed by atoms with Crippen molar-refractivity contribution in [2.24, 2.45) is 22.7 Å². The third-order valence-corrected chi connectivity index (χ3v) is 7.87. The fraction of sp³-hybridized carbons (Fsp3) is 0.727. The molecule has 0 amide bonds. The van der Waals surface area contributed by atoms with Crippen molar-refractivity contribution >= 4 is 11.9 Å². The average molecular weight is 358 g/mol. The molecule has 4 rings (SSSR count). The van der Waals surface area contributed by atoms with Crippen molar-refractivity contribution in [3.05, 3.63) is 22.8 Å². The maximum atomic E-state index is 12.0. The monoisotopic (exact) mass is 358 g/mol. The largest absolute Gasteiger partial charge is 0.462 e. The number of hydrogen-bond acceptors (Lipinski definition) is 4. The minimum absolute atomic E-state index is 0.00537. The summed E-state index contributed by atoms with van der Waals surface area (Å²) in [5, 5.41) is 0. The zero-order valence-electron chi connectivity index (χ0n) is 16.6. The smallest absolute Gasteiger partial charge is 0.334 e. The molecule has 5 atom stereocenters. The van der Waals surface area contributed by atoms with Gasteiger partial charge >= 0.3 is 11.9 Å². The molecule has 0 spiro atoms. The Bertz CT molecular complexity index is 728. The molecule has 0 aromatic carbocycles. The van der Waals surface area contributed by atoms with Crippen LogP contribution in [0.5, 0.6) is 0 Å². The molecule has 0 radical (unpaired) electrons. The predicted octanol–water partition coefficient (Wildman–Crippen LogP) is 4.34. The molecule has 0 saturated heterocycles. The van der Waals surface area contributed by atoms with Crippen molar-refractivity contribution < 1.29 is 19.1 Å². The number of rotatable bonds is 1. The van der Waals surface area contributed by atoms with Crippen molar-refractivity contribution in [3.63, 3.8) is 0 Å². The summed E-state index contributed by atoms with van der Waals surface area (Å²) in [5.74, 6) is 0.621. The van der Waals surface area contributed by atoms with E-state index in [0.29, 0.717) is 11.8 Å². The van der Waals surface area contributed by atoms with Gasteiger partial charge in [-0.1, -0.05) is 32.4 Å². The Kier molecular flexibility index (Phi) is 3.91. The number of carbonyl (C=O) groups excluding carboxylic acids is 2. The van der Waals surface area contributed by atoms with E-state index in [1.807, 2.05) is 6.92 Å². The van der Waals surface area contributed by atoms with Crippen LogP contribution in [0.2, 0.25) is 0 Å². The van der Waals surface area contributed by atoms with Crippen LogP contribution in [0.25, 0.3) is 0 Å². The molecule has 0 N–H and O–H groups in total. The Morgan fingerprint density at radius 2 is 2.00 bits per heavy atom. The third-order valence-electron chi connectivity index (χ3n) is 7.87. The molecule has 3 aliphatic carbocycles. The van der Waals surface area contributed by atoms with Gasteiger partial charge in [-0.15, -0.1) is 0 Å². The summed E-state index contributed by atoms with van der Waals surface area (Å²) in [6.07, 6.45) is 7.26. The van der Waals surface area contributed by atoms with Crippen LogP contribution in [0.15, 0.2) is 22.8 Å². The Morgan fingerprint density at radius 3 is 2.69 bits per heavy atom. The van der Waals surface area contributed by atoms with Gasteiger partial charge in [0.1, 0.15) is 12.2 Å². The van der Waals surface area contributed by atoms with Crippen LogP contribution < -0.4 is 0 Å². The second kappa shape index (κ2) is 5.71. The summed E-state index contributed by atoms with van der Waals surface area (Å²) < 4.78 is 11.4. The topological polar surface area (TPSA) is 52.6 Å². The van der Waals surface area contributed by atoms with Crippen molar-refractivity contribution in [3.8, 4) is 0 Å². The van der Waals surface area contributed by atoms with Crippen molar-refractivity contribution in [1.29, 1.82) is 0 Å². The van der Waals surface area contributed by atoms with Gasteiger partial charge < -0.3 is 9.47 Å². The van der Waals surface area contributed by atoms with Gasteiger partial charge in [0.2, 0.25) is 0 Å². The SMILES string of the molecule is CC(=O)O[C@H]1CC[C@@]2(C)[C@@H]3C[C@H]4OC(=O)C(C)=C4C=C3CC[C@@H]2C1(C)C. The van der Waals surface area contributed by atoms with Gasteiger partial charge in [-0.05, 0) is 56.3 Å². The zero-order chi connectivity index (χ0) is 18.9. The highest BCUT2D eigenvalue weighted by Gasteiger charge is 2.58. The number of allylic oxidation sites excluding steroid dienone is 1. The first-order valence-corrected chi connectivity index (χ1v) is 9.94. The van der Waals surface area contributed by atoms with E-state index in [2.05, 4.69) is 26.8 Å². The molecule has 2 saturated carbocycles. The Hall–Kier alpha value is -1.58. The Morgan fingerprint density at radius 1 is 1.27 bits per heavy atom. The van der Waals surface area contributed by atoms with Gasteiger partial charge in [0.15, 0.2) is 0 Å². The first-order valence-electron chi connectivity index (χ1n) is 9.94. The normalized spacial score (nSPS) is 40.8. The highest BCUT2D eigenvalue weighted by Crippen LogP contribution is 2.63. The molecule has 4 aliphatic rings. The van der Waals surface area contributed by atoms with Crippen molar-refractivity contribution in [2.45, 2.75) is 78.9 Å². The lowest BCUT2D eigenvalue weighted by Crippen LogP contribution is -2.56. The standard InChI is InChI=1S/C22H30O4/c1-12-15-10-14-6-7-18-21(3,4)19(25-13(2)23)8-9-22(18,5)16(14)11-17(15)26-20(12)24/h10,16-19H,6-9,11H2,1-5H3/t16-,17-,18-,19+,22+/m1/s1. The molecule has 0 bridgehead atoms. The van der Waals surface area contributed by atoms with E-state index in [9.17, 15) is 9.59 Å². The maximum Gasteiger partial charge on any atom is 0.334 e. The molecule has 4 nitrogen and oxygen atoms in total. The number of esters is 2. The summed E-state index contributed by atoms with van der Waals surface area (Å²) in [4.78, 5) is 23.6. The Balaban J connectivity index is 1.67. The number of carbonyl (C=O) groups is 2. The van der Waals surface area contributed by atoms with E-state index in [4.69, 9.17) is 9.47 Å². The lowest BCUT2D eigenvalue weighted by Gasteiger charge is -2.60. The van der Waals surface area contributed by atoms with Crippen LogP contribution in [0.4, 0.5) is 0 Å². The molecule has 142 valence electrons. The molecule has 1 heterocycles. The van der Waals surface area contributed by atoms with Gasteiger partial charge in [-0.25, -0.2) is 4.79 Å². The van der Waals surface area contributed by atoms with Crippen LogP contribution >= 0.6 is 0 Å². The van der Waals surface area contributed by atoms with Gasteiger partial charge in [0, 0.05) is 23.5 Å².